The topological polar surface area (TPSA) is 67.2 Å². The lowest BCUT2D eigenvalue weighted by atomic mass is 10.0. The van der Waals surface area contributed by atoms with Crippen molar-refractivity contribution in [3.63, 3.8) is 0 Å². The second kappa shape index (κ2) is 8.06. The highest BCUT2D eigenvalue weighted by Crippen LogP contribution is 2.22. The Morgan fingerprint density at radius 3 is 2.32 bits per heavy atom. The minimum absolute atomic E-state index is 0.00189. The predicted octanol–water partition coefficient (Wildman–Crippen LogP) is 3.99. The van der Waals surface area contributed by atoms with Gasteiger partial charge in [0.25, 0.3) is 0 Å². The maximum Gasteiger partial charge on any atom is 0.204 e. The highest BCUT2D eigenvalue weighted by Gasteiger charge is 2.14. The van der Waals surface area contributed by atoms with Gasteiger partial charge in [-0.3, -0.25) is 4.79 Å². The number of aromatic nitrogens is 2. The van der Waals surface area contributed by atoms with E-state index in [2.05, 4.69) is 10.3 Å². The van der Waals surface area contributed by atoms with Crippen molar-refractivity contribution in [2.45, 2.75) is 6.54 Å². The second-order valence-electron chi connectivity index (χ2n) is 6.53. The van der Waals surface area contributed by atoms with Crippen molar-refractivity contribution in [1.29, 1.82) is 0 Å². The fourth-order valence-corrected chi connectivity index (χ4v) is 3.25. The zero-order valence-electron chi connectivity index (χ0n) is 15.4. The molecule has 3 aromatic carbocycles. The molecule has 0 saturated carbocycles. The summed E-state index contributed by atoms with van der Waals surface area (Å²) in [7, 11) is 0. The van der Waals surface area contributed by atoms with Crippen molar-refractivity contribution < 1.29 is 9.90 Å². The number of para-hydroxylation sites is 2. The van der Waals surface area contributed by atoms with E-state index in [1.165, 1.54) is 0 Å². The summed E-state index contributed by atoms with van der Waals surface area (Å²) in [5, 5.41) is 12.2. The van der Waals surface area contributed by atoms with Gasteiger partial charge < -0.3 is 15.0 Å². The Hall–Kier alpha value is -3.44. The number of hydrogen-bond donors (Lipinski definition) is 2. The van der Waals surface area contributed by atoms with Gasteiger partial charge in [-0.15, -0.1) is 0 Å². The number of benzene rings is 3. The van der Waals surface area contributed by atoms with Crippen LogP contribution < -0.4 is 5.32 Å². The Bertz CT molecular complexity index is 1090. The number of aliphatic hydroxyl groups excluding tert-OH is 1. The molecule has 1 heterocycles. The maximum absolute atomic E-state index is 12.9. The van der Waals surface area contributed by atoms with Crippen LogP contribution in [0.4, 0.5) is 5.95 Å². The minimum Gasteiger partial charge on any atom is -0.395 e. The zero-order valence-corrected chi connectivity index (χ0v) is 15.4. The molecule has 1 aromatic heterocycles. The Kier molecular flexibility index (Phi) is 5.17. The molecule has 0 aliphatic rings. The third-order valence-electron chi connectivity index (χ3n) is 4.67. The Labute approximate surface area is 163 Å². The summed E-state index contributed by atoms with van der Waals surface area (Å²) < 4.78 is 1.86. The molecule has 140 valence electrons. The van der Waals surface area contributed by atoms with E-state index < -0.39 is 0 Å². The molecule has 4 aromatic rings. The van der Waals surface area contributed by atoms with Gasteiger partial charge in [-0.05, 0) is 23.3 Å². The lowest BCUT2D eigenvalue weighted by Crippen LogP contribution is -2.15. The maximum atomic E-state index is 12.9. The third kappa shape index (κ3) is 3.66. The van der Waals surface area contributed by atoms with Gasteiger partial charge >= 0.3 is 0 Å². The SMILES string of the molecule is O=C(Cn1c(NCCO)nc2ccccc21)c1ccc(-c2ccccc2)cc1. The van der Waals surface area contributed by atoms with Gasteiger partial charge in [0.1, 0.15) is 0 Å². The van der Waals surface area contributed by atoms with Crippen LogP contribution in [0, 0.1) is 0 Å². The second-order valence-corrected chi connectivity index (χ2v) is 6.53. The van der Waals surface area contributed by atoms with Crippen molar-refractivity contribution in [1.82, 2.24) is 9.55 Å². The highest BCUT2D eigenvalue weighted by atomic mass is 16.3. The van der Waals surface area contributed by atoms with Crippen LogP contribution in [0.25, 0.3) is 22.2 Å². The first-order valence-electron chi connectivity index (χ1n) is 9.25. The first-order chi connectivity index (χ1) is 13.8. The number of nitrogens with zero attached hydrogens (tertiary/aromatic N) is 2. The summed E-state index contributed by atoms with van der Waals surface area (Å²) in [6.07, 6.45) is 0. The number of imidazole rings is 1. The fraction of sp³-hybridized carbons (Fsp3) is 0.130. The average molecular weight is 371 g/mol. The molecular formula is C23H21N3O2. The average Bonchev–Trinajstić information content (AvgIpc) is 3.10. The van der Waals surface area contributed by atoms with Crippen LogP contribution in [0.3, 0.4) is 0 Å². The monoisotopic (exact) mass is 371 g/mol. The predicted molar refractivity (Wildman–Crippen MR) is 112 cm³/mol. The molecule has 0 saturated heterocycles. The van der Waals surface area contributed by atoms with E-state index in [0.717, 1.165) is 22.2 Å². The van der Waals surface area contributed by atoms with E-state index >= 15 is 0 Å². The molecule has 5 heteroatoms. The number of aliphatic hydroxyl groups is 1. The zero-order chi connectivity index (χ0) is 19.3. The number of rotatable bonds is 7. The van der Waals surface area contributed by atoms with Gasteiger partial charge in [-0.1, -0.05) is 66.7 Å². The molecule has 0 aliphatic carbocycles. The van der Waals surface area contributed by atoms with Gasteiger partial charge in [0.2, 0.25) is 5.95 Å². The molecule has 0 amide bonds. The van der Waals surface area contributed by atoms with Gasteiger partial charge in [0, 0.05) is 12.1 Å². The van der Waals surface area contributed by atoms with E-state index in [1.54, 1.807) is 0 Å². The summed E-state index contributed by atoms with van der Waals surface area (Å²) in [4.78, 5) is 17.4. The lowest BCUT2D eigenvalue weighted by Gasteiger charge is -2.10. The standard InChI is InChI=1S/C23H21N3O2/c27-15-14-24-23-25-20-8-4-5-9-21(20)26(23)16-22(28)19-12-10-18(11-13-19)17-6-2-1-3-7-17/h1-13,27H,14-16H2,(H,24,25). The number of Topliss-reactive ketones (excluding diaryl/α,β-unsaturated/α-hetero) is 1. The number of anilines is 1. The molecule has 4 rings (SSSR count). The van der Waals surface area contributed by atoms with Crippen LogP contribution in [0.15, 0.2) is 78.9 Å². The van der Waals surface area contributed by atoms with Gasteiger partial charge in [0.15, 0.2) is 5.78 Å². The number of nitrogens with one attached hydrogen (secondary N) is 1. The molecule has 0 bridgehead atoms. The molecule has 28 heavy (non-hydrogen) atoms. The van der Waals surface area contributed by atoms with Crippen molar-refractivity contribution in [3.8, 4) is 11.1 Å². The van der Waals surface area contributed by atoms with Gasteiger partial charge in [0.05, 0.1) is 24.2 Å². The summed E-state index contributed by atoms with van der Waals surface area (Å²) in [5.74, 6) is 0.597. The number of carbonyl (C=O) groups is 1. The highest BCUT2D eigenvalue weighted by molar-refractivity contribution is 5.97. The number of hydrogen-bond acceptors (Lipinski definition) is 4. The van der Waals surface area contributed by atoms with Gasteiger partial charge in [-0.25, -0.2) is 4.98 Å². The molecule has 0 radical (unpaired) electrons. The summed E-state index contributed by atoms with van der Waals surface area (Å²) in [5.41, 5.74) is 4.56. The summed E-state index contributed by atoms with van der Waals surface area (Å²) in [6.45, 7) is 0.556. The first kappa shape index (κ1) is 17.9. The van der Waals surface area contributed by atoms with Crippen molar-refractivity contribution in [2.24, 2.45) is 0 Å². The van der Waals surface area contributed by atoms with Crippen molar-refractivity contribution >= 4 is 22.8 Å². The number of ketones is 1. The van der Waals surface area contributed by atoms with Crippen molar-refractivity contribution in [3.05, 3.63) is 84.4 Å². The van der Waals surface area contributed by atoms with E-state index in [1.807, 2.05) is 83.4 Å². The van der Waals surface area contributed by atoms with Crippen LogP contribution in [0.2, 0.25) is 0 Å². The molecule has 0 atom stereocenters. The molecular weight excluding hydrogens is 350 g/mol. The summed E-state index contributed by atoms with van der Waals surface area (Å²) >= 11 is 0. The first-order valence-corrected chi connectivity index (χ1v) is 9.25. The quantitative estimate of drug-likeness (QED) is 0.482. The van der Waals surface area contributed by atoms with Crippen LogP contribution in [-0.4, -0.2) is 33.6 Å². The largest absolute Gasteiger partial charge is 0.395 e. The molecule has 2 N–H and O–H groups in total. The molecule has 0 fully saturated rings. The number of carbonyl (C=O) groups excluding carboxylic acids is 1. The summed E-state index contributed by atoms with van der Waals surface area (Å²) in [6, 6.07) is 25.5. The van der Waals surface area contributed by atoms with Crippen LogP contribution in [0.5, 0.6) is 0 Å². The minimum atomic E-state index is -0.00189. The van der Waals surface area contributed by atoms with Crippen LogP contribution in [0.1, 0.15) is 10.4 Å². The molecule has 0 aliphatic heterocycles. The normalized spacial score (nSPS) is 10.9. The van der Waals surface area contributed by atoms with E-state index in [4.69, 9.17) is 5.11 Å². The van der Waals surface area contributed by atoms with Crippen molar-refractivity contribution in [2.75, 3.05) is 18.5 Å². The lowest BCUT2D eigenvalue weighted by molar-refractivity contribution is 0.0974. The van der Waals surface area contributed by atoms with Crippen LogP contribution in [-0.2, 0) is 6.54 Å². The molecule has 5 nitrogen and oxygen atoms in total. The van der Waals surface area contributed by atoms with Crippen LogP contribution >= 0.6 is 0 Å². The van der Waals surface area contributed by atoms with Gasteiger partial charge in [-0.2, -0.15) is 0 Å². The molecule has 0 unspecified atom stereocenters. The Morgan fingerprint density at radius 2 is 1.57 bits per heavy atom. The Balaban J connectivity index is 1.60. The van der Waals surface area contributed by atoms with E-state index in [-0.39, 0.29) is 18.9 Å². The number of fused-ring (bicyclic) bond motifs is 1. The van der Waals surface area contributed by atoms with E-state index in [9.17, 15) is 4.79 Å². The Morgan fingerprint density at radius 1 is 0.893 bits per heavy atom. The third-order valence-corrected chi connectivity index (χ3v) is 4.67. The van der Waals surface area contributed by atoms with E-state index in [0.29, 0.717) is 18.1 Å². The smallest absolute Gasteiger partial charge is 0.204 e. The molecule has 0 spiro atoms. The fourth-order valence-electron chi connectivity index (χ4n) is 3.25.